The van der Waals surface area contributed by atoms with Crippen LogP contribution in [-0.4, -0.2) is 44.8 Å². The van der Waals surface area contributed by atoms with Crippen LogP contribution in [0.15, 0.2) is 30.3 Å². The standard InChI is InChI=1S/C27H33NO5/c1-18-22-15-24-25(33-11-10-32-24)16-23(22)27(8-4-5-9-27)17-28(18)26(29)7-6-19-12-20(30-2)14-21(13-19)31-3/h12-16,18H,4-11,17H2,1-3H3. The van der Waals surface area contributed by atoms with E-state index in [1.165, 1.54) is 24.0 Å². The van der Waals surface area contributed by atoms with Crippen LogP contribution in [0.25, 0.3) is 0 Å². The molecule has 2 aromatic carbocycles. The molecule has 33 heavy (non-hydrogen) atoms. The molecule has 1 saturated carbocycles. The highest BCUT2D eigenvalue weighted by Gasteiger charge is 2.46. The van der Waals surface area contributed by atoms with Gasteiger partial charge in [0.2, 0.25) is 5.91 Å². The Hall–Kier alpha value is -2.89. The third kappa shape index (κ3) is 4.00. The first-order valence-corrected chi connectivity index (χ1v) is 12.0. The molecule has 6 nitrogen and oxygen atoms in total. The number of hydrogen-bond acceptors (Lipinski definition) is 5. The number of hydrogen-bond donors (Lipinski definition) is 0. The minimum absolute atomic E-state index is 0.00870. The van der Waals surface area contributed by atoms with Crippen molar-refractivity contribution in [1.29, 1.82) is 0 Å². The van der Waals surface area contributed by atoms with Crippen molar-refractivity contribution in [3.8, 4) is 23.0 Å². The van der Waals surface area contributed by atoms with Crippen molar-refractivity contribution in [1.82, 2.24) is 4.90 Å². The number of amides is 1. The Morgan fingerprint density at radius 1 is 1.00 bits per heavy atom. The van der Waals surface area contributed by atoms with Gasteiger partial charge in [-0.3, -0.25) is 4.79 Å². The molecule has 0 N–H and O–H groups in total. The highest BCUT2D eigenvalue weighted by Crippen LogP contribution is 2.52. The molecule has 3 aliphatic rings. The first-order valence-electron chi connectivity index (χ1n) is 12.0. The van der Waals surface area contributed by atoms with Gasteiger partial charge in [0.1, 0.15) is 24.7 Å². The normalized spacial score (nSPS) is 20.5. The maximum atomic E-state index is 13.5. The zero-order valence-electron chi connectivity index (χ0n) is 19.8. The second kappa shape index (κ2) is 8.81. The highest BCUT2D eigenvalue weighted by atomic mass is 16.6. The summed E-state index contributed by atoms with van der Waals surface area (Å²) >= 11 is 0. The molecule has 2 aromatic rings. The van der Waals surface area contributed by atoms with Gasteiger partial charge in [-0.1, -0.05) is 12.8 Å². The van der Waals surface area contributed by atoms with Gasteiger partial charge in [0.05, 0.1) is 20.3 Å². The summed E-state index contributed by atoms with van der Waals surface area (Å²) in [5, 5.41) is 0. The van der Waals surface area contributed by atoms with E-state index < -0.39 is 0 Å². The van der Waals surface area contributed by atoms with Crippen LogP contribution in [-0.2, 0) is 16.6 Å². The molecule has 6 heteroatoms. The lowest BCUT2D eigenvalue weighted by atomic mass is 9.71. The summed E-state index contributed by atoms with van der Waals surface area (Å²) in [6, 6.07) is 10.1. The number of methoxy groups -OCH3 is 2. The van der Waals surface area contributed by atoms with Gasteiger partial charge in [-0.2, -0.15) is 0 Å². The van der Waals surface area contributed by atoms with Crippen LogP contribution in [0.2, 0.25) is 0 Å². The van der Waals surface area contributed by atoms with Crippen LogP contribution in [0, 0.1) is 0 Å². The Labute approximate surface area is 195 Å². The molecule has 0 radical (unpaired) electrons. The summed E-state index contributed by atoms with van der Waals surface area (Å²) in [7, 11) is 3.29. The van der Waals surface area contributed by atoms with Crippen LogP contribution < -0.4 is 18.9 Å². The fourth-order valence-electron chi connectivity index (χ4n) is 5.81. The number of ether oxygens (including phenoxy) is 4. The number of benzene rings is 2. The molecule has 0 saturated heterocycles. The molecule has 2 heterocycles. The van der Waals surface area contributed by atoms with Gasteiger partial charge in [0.15, 0.2) is 11.5 Å². The Morgan fingerprint density at radius 3 is 2.27 bits per heavy atom. The summed E-state index contributed by atoms with van der Waals surface area (Å²) in [6.07, 6.45) is 5.74. The van der Waals surface area contributed by atoms with Crippen molar-refractivity contribution < 1.29 is 23.7 Å². The average Bonchev–Trinajstić information content (AvgIpc) is 3.33. The van der Waals surface area contributed by atoms with Gasteiger partial charge < -0.3 is 23.8 Å². The minimum atomic E-state index is 0.00870. The van der Waals surface area contributed by atoms with Gasteiger partial charge in [0.25, 0.3) is 0 Å². The first kappa shape index (κ1) is 21.9. The van der Waals surface area contributed by atoms with E-state index in [-0.39, 0.29) is 17.4 Å². The molecule has 176 valence electrons. The number of fused-ring (bicyclic) bond motifs is 3. The van der Waals surface area contributed by atoms with Crippen molar-refractivity contribution in [3.05, 3.63) is 47.0 Å². The third-order valence-electron chi connectivity index (χ3n) is 7.60. The smallest absolute Gasteiger partial charge is 0.223 e. The maximum Gasteiger partial charge on any atom is 0.223 e. The monoisotopic (exact) mass is 451 g/mol. The molecule has 2 aliphatic heterocycles. The number of nitrogens with zero attached hydrogens (tertiary/aromatic N) is 1. The highest BCUT2D eigenvalue weighted by molar-refractivity contribution is 5.78. The predicted molar refractivity (Wildman–Crippen MR) is 126 cm³/mol. The van der Waals surface area contributed by atoms with Crippen LogP contribution in [0.5, 0.6) is 23.0 Å². The SMILES string of the molecule is COc1cc(CCC(=O)N2CC3(CCCC3)c3cc4c(cc3C2C)OCCO4)cc(OC)c1. The van der Waals surface area contributed by atoms with E-state index in [1.807, 2.05) is 18.2 Å². The summed E-state index contributed by atoms with van der Waals surface area (Å²) in [6.45, 7) is 4.08. The minimum Gasteiger partial charge on any atom is -0.497 e. The van der Waals surface area contributed by atoms with Crippen LogP contribution in [0.3, 0.4) is 0 Å². The molecule has 1 spiro atoms. The lowest BCUT2D eigenvalue weighted by Gasteiger charge is -2.46. The topological polar surface area (TPSA) is 57.2 Å². The van der Waals surface area contributed by atoms with Crippen molar-refractivity contribution in [3.63, 3.8) is 0 Å². The van der Waals surface area contributed by atoms with Crippen molar-refractivity contribution >= 4 is 5.91 Å². The molecular formula is C27H33NO5. The number of carbonyl (C=O) groups excluding carboxylic acids is 1. The Morgan fingerprint density at radius 2 is 1.64 bits per heavy atom. The molecule has 1 aliphatic carbocycles. The molecule has 0 bridgehead atoms. The first-order chi connectivity index (χ1) is 16.0. The van der Waals surface area contributed by atoms with E-state index in [0.717, 1.165) is 47.9 Å². The zero-order valence-corrected chi connectivity index (χ0v) is 19.8. The number of rotatable bonds is 5. The summed E-state index contributed by atoms with van der Waals surface area (Å²) < 4.78 is 22.6. The molecule has 1 atom stereocenters. The van der Waals surface area contributed by atoms with Gasteiger partial charge in [0, 0.05) is 24.4 Å². The fraction of sp³-hybridized carbons (Fsp3) is 0.519. The van der Waals surface area contributed by atoms with E-state index >= 15 is 0 Å². The number of aryl methyl sites for hydroxylation is 1. The van der Waals surface area contributed by atoms with Crippen molar-refractivity contribution in [2.45, 2.75) is 56.9 Å². The Bertz CT molecular complexity index is 1020. The molecule has 5 rings (SSSR count). The van der Waals surface area contributed by atoms with Gasteiger partial charge >= 0.3 is 0 Å². The van der Waals surface area contributed by atoms with Crippen LogP contribution >= 0.6 is 0 Å². The van der Waals surface area contributed by atoms with E-state index in [9.17, 15) is 4.79 Å². The molecule has 1 fully saturated rings. The zero-order chi connectivity index (χ0) is 23.0. The molecule has 1 unspecified atom stereocenters. The van der Waals surface area contributed by atoms with Gasteiger partial charge in [-0.15, -0.1) is 0 Å². The molecule has 1 amide bonds. The lowest BCUT2D eigenvalue weighted by molar-refractivity contribution is -0.135. The van der Waals surface area contributed by atoms with Gasteiger partial charge in [-0.05, 0) is 67.1 Å². The van der Waals surface area contributed by atoms with E-state index in [1.54, 1.807) is 14.2 Å². The largest absolute Gasteiger partial charge is 0.497 e. The number of carbonyl (C=O) groups is 1. The quantitative estimate of drug-likeness (QED) is 0.652. The second-order valence-corrected chi connectivity index (χ2v) is 9.49. The van der Waals surface area contributed by atoms with Gasteiger partial charge in [-0.25, -0.2) is 0 Å². The third-order valence-corrected chi connectivity index (χ3v) is 7.60. The second-order valence-electron chi connectivity index (χ2n) is 9.49. The van der Waals surface area contributed by atoms with E-state index in [4.69, 9.17) is 18.9 Å². The summed E-state index contributed by atoms with van der Waals surface area (Å²) in [5.74, 6) is 3.34. The average molecular weight is 452 g/mol. The van der Waals surface area contributed by atoms with E-state index in [0.29, 0.717) is 26.1 Å². The predicted octanol–water partition coefficient (Wildman–Crippen LogP) is 4.82. The Kier molecular flexibility index (Phi) is 5.85. The van der Waals surface area contributed by atoms with Crippen molar-refractivity contribution in [2.75, 3.05) is 34.0 Å². The van der Waals surface area contributed by atoms with E-state index in [2.05, 4.69) is 24.0 Å². The summed E-state index contributed by atoms with van der Waals surface area (Å²) in [4.78, 5) is 15.6. The fourth-order valence-corrected chi connectivity index (χ4v) is 5.81. The maximum absolute atomic E-state index is 13.5. The lowest BCUT2D eigenvalue weighted by Crippen LogP contribution is -2.48. The van der Waals surface area contributed by atoms with Crippen molar-refractivity contribution in [2.24, 2.45) is 0 Å². The molecular weight excluding hydrogens is 418 g/mol. The summed E-state index contributed by atoms with van der Waals surface area (Å²) in [5.41, 5.74) is 3.63. The van der Waals surface area contributed by atoms with Crippen LogP contribution in [0.1, 0.15) is 61.8 Å². The van der Waals surface area contributed by atoms with Crippen LogP contribution in [0.4, 0.5) is 0 Å². The Balaban J connectivity index is 1.41. The molecule has 0 aromatic heterocycles.